The first-order valence-electron chi connectivity index (χ1n) is 12.4. The van der Waals surface area contributed by atoms with Gasteiger partial charge in [0, 0.05) is 29.4 Å². The molecule has 0 bridgehead atoms. The number of hydrogen-bond acceptors (Lipinski definition) is 4. The van der Waals surface area contributed by atoms with Gasteiger partial charge in [0.15, 0.2) is 0 Å². The predicted molar refractivity (Wildman–Crippen MR) is 147 cm³/mol. The van der Waals surface area contributed by atoms with Gasteiger partial charge in [0.2, 0.25) is 0 Å². The van der Waals surface area contributed by atoms with Crippen LogP contribution in [0.5, 0.6) is 0 Å². The van der Waals surface area contributed by atoms with Gasteiger partial charge in [-0.3, -0.25) is 14.5 Å². The molecule has 0 fully saturated rings. The molecule has 5 rings (SSSR count). The summed E-state index contributed by atoms with van der Waals surface area (Å²) in [7, 11) is 0. The first-order chi connectivity index (χ1) is 18.5. The van der Waals surface area contributed by atoms with E-state index in [-0.39, 0.29) is 12.1 Å². The molecule has 0 saturated carbocycles. The van der Waals surface area contributed by atoms with Gasteiger partial charge in [0.1, 0.15) is 11.6 Å². The van der Waals surface area contributed by atoms with Crippen LogP contribution in [0.4, 0.5) is 0 Å². The number of carbonyl (C=O) groups is 2. The summed E-state index contributed by atoms with van der Waals surface area (Å²) in [6, 6.07) is 29.4. The molecule has 0 spiro atoms. The Morgan fingerprint density at radius 1 is 0.868 bits per heavy atom. The molecule has 0 unspecified atom stereocenters. The summed E-state index contributed by atoms with van der Waals surface area (Å²) in [5.41, 5.74) is 6.01. The van der Waals surface area contributed by atoms with Gasteiger partial charge in [-0.2, -0.15) is 10.4 Å². The molecule has 2 amide bonds. The highest BCUT2D eigenvalue weighted by molar-refractivity contribution is 6.19. The van der Waals surface area contributed by atoms with E-state index < -0.39 is 11.8 Å². The van der Waals surface area contributed by atoms with E-state index in [4.69, 9.17) is 5.10 Å². The van der Waals surface area contributed by atoms with Crippen molar-refractivity contribution in [2.75, 3.05) is 6.54 Å². The molecule has 0 atom stereocenters. The smallest absolute Gasteiger partial charge is 0.271 e. The minimum absolute atomic E-state index is 0.0174. The third-order valence-electron chi connectivity index (χ3n) is 6.68. The molecule has 3 aromatic carbocycles. The number of carbonyl (C=O) groups excluding carboxylic acids is 2. The molecule has 2 heterocycles. The summed E-state index contributed by atoms with van der Waals surface area (Å²) in [5.74, 6) is -0.966. The maximum atomic E-state index is 13.7. The monoisotopic (exact) mass is 498 g/mol. The second-order valence-corrected chi connectivity index (χ2v) is 9.25. The second kappa shape index (κ2) is 10.5. The highest BCUT2D eigenvalue weighted by Gasteiger charge is 2.35. The van der Waals surface area contributed by atoms with Gasteiger partial charge in [-0.05, 0) is 49.6 Å². The van der Waals surface area contributed by atoms with Gasteiger partial charge >= 0.3 is 0 Å². The molecule has 186 valence electrons. The normalized spacial score (nSPS) is 14.8. The molecule has 4 aromatic rings. The number of para-hydroxylation sites is 1. The molecule has 0 aliphatic carbocycles. The summed E-state index contributed by atoms with van der Waals surface area (Å²) < 4.78 is 1.78. The molecular formula is C32H26N4O2. The van der Waals surface area contributed by atoms with Crippen LogP contribution in [0, 0.1) is 18.3 Å². The van der Waals surface area contributed by atoms with Gasteiger partial charge in [0.25, 0.3) is 11.8 Å². The third-order valence-corrected chi connectivity index (χ3v) is 6.68. The Labute approximate surface area is 221 Å². The van der Waals surface area contributed by atoms with Gasteiger partial charge in [0.05, 0.1) is 11.4 Å². The fourth-order valence-electron chi connectivity index (χ4n) is 4.52. The second-order valence-electron chi connectivity index (χ2n) is 9.25. The Morgan fingerprint density at radius 3 is 2.18 bits per heavy atom. The van der Waals surface area contributed by atoms with Crippen molar-refractivity contribution in [2.45, 2.75) is 20.3 Å². The lowest BCUT2D eigenvalue weighted by Crippen LogP contribution is -2.43. The average Bonchev–Trinajstić information content (AvgIpc) is 3.37. The van der Waals surface area contributed by atoms with E-state index in [1.54, 1.807) is 17.7 Å². The molecule has 1 aliphatic rings. The Balaban J connectivity index is 1.60. The van der Waals surface area contributed by atoms with Crippen LogP contribution < -0.4 is 0 Å². The molecule has 6 nitrogen and oxygen atoms in total. The lowest BCUT2D eigenvalue weighted by Gasteiger charge is -2.27. The molecule has 0 N–H and O–H groups in total. The van der Waals surface area contributed by atoms with E-state index in [2.05, 4.69) is 0 Å². The van der Waals surface area contributed by atoms with Crippen molar-refractivity contribution in [3.8, 4) is 23.0 Å². The van der Waals surface area contributed by atoms with Crippen molar-refractivity contribution in [3.63, 3.8) is 0 Å². The number of rotatable bonds is 6. The number of hydrogen-bond donors (Lipinski definition) is 0. The molecule has 1 aliphatic heterocycles. The van der Waals surface area contributed by atoms with Crippen molar-refractivity contribution >= 4 is 17.9 Å². The average molecular weight is 499 g/mol. The number of aromatic nitrogens is 2. The lowest BCUT2D eigenvalue weighted by molar-refractivity contribution is -0.140. The van der Waals surface area contributed by atoms with Crippen molar-refractivity contribution in [1.29, 1.82) is 5.26 Å². The summed E-state index contributed by atoms with van der Waals surface area (Å²) >= 11 is 0. The van der Waals surface area contributed by atoms with Gasteiger partial charge in [-0.15, -0.1) is 0 Å². The SMILES string of the molecule is CC1=C(C#N)C(=O)N(CCc2ccccc2)C(=O)/C1=C/c1cn(-c2ccccc2)nc1-c1ccc(C)cc1. The zero-order chi connectivity index (χ0) is 26.6. The van der Waals surface area contributed by atoms with Crippen LogP contribution in [0.3, 0.4) is 0 Å². The van der Waals surface area contributed by atoms with E-state index in [1.165, 1.54) is 4.90 Å². The van der Waals surface area contributed by atoms with Crippen LogP contribution in [0.2, 0.25) is 0 Å². The largest absolute Gasteiger partial charge is 0.273 e. The molecule has 1 aromatic heterocycles. The predicted octanol–water partition coefficient (Wildman–Crippen LogP) is 5.68. The van der Waals surface area contributed by atoms with Crippen molar-refractivity contribution in [1.82, 2.24) is 14.7 Å². The van der Waals surface area contributed by atoms with E-state index in [9.17, 15) is 14.9 Å². The van der Waals surface area contributed by atoms with Crippen LogP contribution in [0.15, 0.2) is 108 Å². The lowest BCUT2D eigenvalue weighted by atomic mass is 9.93. The van der Waals surface area contributed by atoms with Crippen LogP contribution in [-0.2, 0) is 16.0 Å². The minimum Gasteiger partial charge on any atom is -0.273 e. The first-order valence-corrected chi connectivity index (χ1v) is 12.4. The third kappa shape index (κ3) is 4.82. The quantitative estimate of drug-likeness (QED) is 0.253. The fraction of sp³-hybridized carbons (Fsp3) is 0.125. The van der Waals surface area contributed by atoms with Crippen molar-refractivity contribution in [3.05, 3.63) is 125 Å². The number of amides is 2. The Bertz CT molecular complexity index is 1610. The van der Waals surface area contributed by atoms with Crippen LogP contribution in [-0.4, -0.2) is 33.0 Å². The zero-order valence-corrected chi connectivity index (χ0v) is 21.3. The maximum Gasteiger partial charge on any atom is 0.271 e. The summed E-state index contributed by atoms with van der Waals surface area (Å²) in [6.45, 7) is 3.86. The number of imide groups is 1. The number of nitriles is 1. The topological polar surface area (TPSA) is 79.0 Å². The van der Waals surface area contributed by atoms with Gasteiger partial charge < -0.3 is 0 Å². The Morgan fingerprint density at radius 2 is 1.53 bits per heavy atom. The molecular weight excluding hydrogens is 472 g/mol. The highest BCUT2D eigenvalue weighted by Crippen LogP contribution is 2.31. The maximum absolute atomic E-state index is 13.7. The van der Waals surface area contributed by atoms with E-state index in [0.717, 1.165) is 27.9 Å². The number of nitrogens with zero attached hydrogens (tertiary/aromatic N) is 4. The molecule has 6 heteroatoms. The van der Waals surface area contributed by atoms with Crippen LogP contribution >= 0.6 is 0 Å². The number of aryl methyl sites for hydroxylation is 1. The highest BCUT2D eigenvalue weighted by atomic mass is 16.2. The first kappa shape index (κ1) is 24.7. The van der Waals surface area contributed by atoms with Crippen LogP contribution in [0.1, 0.15) is 23.6 Å². The molecule has 0 radical (unpaired) electrons. The standard InChI is InChI=1S/C32H26N4O2/c1-22-13-15-25(16-14-22)30-26(21-36(34-30)27-11-7-4-8-12-27)19-28-23(2)29(20-33)32(38)35(31(28)37)18-17-24-9-5-3-6-10-24/h3-16,19,21H,17-18H2,1-2H3/b28-19+. The van der Waals surface area contributed by atoms with E-state index in [0.29, 0.717) is 23.3 Å². The van der Waals surface area contributed by atoms with Crippen molar-refractivity contribution in [2.24, 2.45) is 0 Å². The Hall–Kier alpha value is -5.02. The minimum atomic E-state index is -0.554. The van der Waals surface area contributed by atoms with E-state index in [1.807, 2.05) is 104 Å². The van der Waals surface area contributed by atoms with E-state index >= 15 is 0 Å². The summed E-state index contributed by atoms with van der Waals surface area (Å²) in [4.78, 5) is 27.9. The van der Waals surface area contributed by atoms with Crippen LogP contribution in [0.25, 0.3) is 23.0 Å². The summed E-state index contributed by atoms with van der Waals surface area (Å²) in [6.07, 6.45) is 4.12. The fourth-order valence-corrected chi connectivity index (χ4v) is 4.52. The summed E-state index contributed by atoms with van der Waals surface area (Å²) in [5, 5.41) is 14.7. The van der Waals surface area contributed by atoms with Crippen molar-refractivity contribution < 1.29 is 9.59 Å². The van der Waals surface area contributed by atoms with Gasteiger partial charge in [-0.1, -0.05) is 78.4 Å². The Kier molecular flexibility index (Phi) is 6.84. The number of benzene rings is 3. The molecule has 0 saturated heterocycles. The van der Waals surface area contributed by atoms with Gasteiger partial charge in [-0.25, -0.2) is 4.68 Å². The molecule has 38 heavy (non-hydrogen) atoms. The zero-order valence-electron chi connectivity index (χ0n) is 21.3.